The van der Waals surface area contributed by atoms with E-state index in [1.165, 1.54) is 18.3 Å². The van der Waals surface area contributed by atoms with E-state index in [1.807, 2.05) is 12.3 Å². The molecule has 1 rings (SSSR count). The van der Waals surface area contributed by atoms with Crippen molar-refractivity contribution in [3.63, 3.8) is 0 Å². The highest BCUT2D eigenvalue weighted by Crippen LogP contribution is 2.07. The van der Waals surface area contributed by atoms with E-state index < -0.39 is 24.1 Å². The number of carboxylic acid groups (broad SMARTS) is 1. The maximum absolute atomic E-state index is 11.4. The second kappa shape index (κ2) is 7.05. The third-order valence-corrected chi connectivity index (χ3v) is 3.19. The molecule has 0 radical (unpaired) electrons. The number of hydrogen-bond acceptors (Lipinski definition) is 5. The van der Waals surface area contributed by atoms with Gasteiger partial charge in [-0.2, -0.15) is 0 Å². The Balaban J connectivity index is 2.33. The lowest BCUT2D eigenvalue weighted by Crippen LogP contribution is -2.51. The van der Waals surface area contributed by atoms with Gasteiger partial charge >= 0.3 is 12.0 Å². The van der Waals surface area contributed by atoms with Crippen LogP contribution in [0.1, 0.15) is 17.6 Å². The number of urea groups is 1. The molecule has 0 spiro atoms. The van der Waals surface area contributed by atoms with E-state index in [2.05, 4.69) is 15.6 Å². The van der Waals surface area contributed by atoms with Gasteiger partial charge in [0, 0.05) is 18.3 Å². The highest BCUT2D eigenvalue weighted by molar-refractivity contribution is 7.09. The summed E-state index contributed by atoms with van der Waals surface area (Å²) in [6.07, 6.45) is -0.589. The Morgan fingerprint density at radius 1 is 1.53 bits per heavy atom. The van der Waals surface area contributed by atoms with Crippen LogP contribution in [0.15, 0.2) is 5.38 Å². The maximum Gasteiger partial charge on any atom is 0.328 e. The van der Waals surface area contributed by atoms with Crippen LogP contribution < -0.4 is 10.6 Å². The number of aliphatic carboxylic acids is 1. The fourth-order valence-electron chi connectivity index (χ4n) is 1.41. The predicted octanol–water partition coefficient (Wildman–Crippen LogP) is 0.127. The van der Waals surface area contributed by atoms with Gasteiger partial charge in [-0.1, -0.05) is 0 Å². The summed E-state index contributed by atoms with van der Waals surface area (Å²) in [4.78, 5) is 26.4. The van der Waals surface area contributed by atoms with Gasteiger partial charge in [0.15, 0.2) is 6.04 Å². The number of nitrogens with one attached hydrogen (secondary N) is 2. The Morgan fingerprint density at radius 2 is 2.21 bits per heavy atom. The number of aryl methyl sites for hydroxylation is 1. The zero-order chi connectivity index (χ0) is 14.4. The van der Waals surface area contributed by atoms with Crippen molar-refractivity contribution in [2.45, 2.75) is 32.4 Å². The third-order valence-electron chi connectivity index (χ3n) is 2.37. The smallest absolute Gasteiger partial charge is 0.328 e. The molecule has 2 unspecified atom stereocenters. The molecule has 106 valence electrons. The molecule has 1 aromatic rings. The van der Waals surface area contributed by atoms with Crippen molar-refractivity contribution in [3.8, 4) is 0 Å². The third kappa shape index (κ3) is 5.23. The molecule has 0 aromatic carbocycles. The first-order valence-corrected chi connectivity index (χ1v) is 6.64. The van der Waals surface area contributed by atoms with E-state index >= 15 is 0 Å². The zero-order valence-electron chi connectivity index (χ0n) is 10.7. The Bertz CT molecular complexity index is 447. The Kier molecular flexibility index (Phi) is 5.71. The number of aliphatic hydroxyl groups is 1. The van der Waals surface area contributed by atoms with Crippen LogP contribution in [-0.4, -0.2) is 45.9 Å². The Morgan fingerprint density at radius 3 is 2.68 bits per heavy atom. The molecule has 0 fully saturated rings. The van der Waals surface area contributed by atoms with Crippen molar-refractivity contribution < 1.29 is 19.8 Å². The summed E-state index contributed by atoms with van der Waals surface area (Å²) >= 11 is 1.53. The van der Waals surface area contributed by atoms with Gasteiger partial charge in [0.25, 0.3) is 0 Å². The molecule has 0 saturated heterocycles. The van der Waals surface area contributed by atoms with Crippen molar-refractivity contribution in [3.05, 3.63) is 16.1 Å². The molecule has 1 heterocycles. The number of thiazole rings is 1. The fourth-order valence-corrected chi connectivity index (χ4v) is 2.06. The minimum absolute atomic E-state index is 0.348. The fraction of sp³-hybridized carbons (Fsp3) is 0.545. The van der Waals surface area contributed by atoms with Crippen molar-refractivity contribution >= 4 is 23.3 Å². The second-order valence-corrected chi connectivity index (χ2v) is 5.13. The Hall–Kier alpha value is -1.67. The highest BCUT2D eigenvalue weighted by Gasteiger charge is 2.24. The van der Waals surface area contributed by atoms with Crippen molar-refractivity contribution in [2.75, 3.05) is 6.54 Å². The van der Waals surface area contributed by atoms with E-state index in [1.54, 1.807) is 0 Å². The van der Waals surface area contributed by atoms with Crippen LogP contribution in [0.25, 0.3) is 0 Å². The summed E-state index contributed by atoms with van der Waals surface area (Å²) in [6.45, 7) is 3.55. The van der Waals surface area contributed by atoms with Gasteiger partial charge in [-0.05, 0) is 13.8 Å². The minimum Gasteiger partial charge on any atom is -0.480 e. The molecule has 0 saturated carbocycles. The van der Waals surface area contributed by atoms with Crippen molar-refractivity contribution in [1.82, 2.24) is 15.6 Å². The number of aromatic nitrogens is 1. The molecule has 8 heteroatoms. The molecule has 1 aromatic heterocycles. The van der Waals surface area contributed by atoms with Gasteiger partial charge in [0.2, 0.25) is 0 Å². The van der Waals surface area contributed by atoms with Gasteiger partial charge < -0.3 is 20.8 Å². The highest BCUT2D eigenvalue weighted by atomic mass is 32.1. The SMILES string of the molecule is Cc1nc(CCNC(=O)NC(C(=O)O)C(C)O)cs1. The second-order valence-electron chi connectivity index (χ2n) is 4.06. The number of nitrogens with zero attached hydrogens (tertiary/aromatic N) is 1. The molecule has 0 bridgehead atoms. The molecule has 0 aliphatic heterocycles. The maximum atomic E-state index is 11.4. The molecule has 0 aliphatic carbocycles. The number of carbonyl (C=O) groups excluding carboxylic acids is 1. The quantitative estimate of drug-likeness (QED) is 0.594. The van der Waals surface area contributed by atoms with E-state index in [0.717, 1.165) is 10.7 Å². The van der Waals surface area contributed by atoms with Crippen LogP contribution >= 0.6 is 11.3 Å². The molecule has 4 N–H and O–H groups in total. The van der Waals surface area contributed by atoms with E-state index in [0.29, 0.717) is 13.0 Å². The van der Waals surface area contributed by atoms with Crippen LogP contribution in [0.5, 0.6) is 0 Å². The van der Waals surface area contributed by atoms with Gasteiger partial charge in [-0.25, -0.2) is 14.6 Å². The molecule has 0 aliphatic rings. The summed E-state index contributed by atoms with van der Waals surface area (Å²) in [5.41, 5.74) is 0.883. The lowest BCUT2D eigenvalue weighted by molar-refractivity contribution is -0.141. The largest absolute Gasteiger partial charge is 0.480 e. The number of rotatable bonds is 6. The lowest BCUT2D eigenvalue weighted by Gasteiger charge is -2.17. The lowest BCUT2D eigenvalue weighted by atomic mass is 10.2. The first-order chi connectivity index (χ1) is 8.90. The van der Waals surface area contributed by atoms with Crippen LogP contribution in [0.3, 0.4) is 0 Å². The van der Waals surface area contributed by atoms with Crippen LogP contribution in [0.4, 0.5) is 4.79 Å². The van der Waals surface area contributed by atoms with Gasteiger partial charge in [0.1, 0.15) is 0 Å². The Labute approximate surface area is 114 Å². The molecule has 2 atom stereocenters. The summed E-state index contributed by atoms with van der Waals surface area (Å²) < 4.78 is 0. The monoisotopic (exact) mass is 287 g/mol. The standard InChI is InChI=1S/C11H17N3O4S/c1-6(15)9(10(16)17)14-11(18)12-4-3-8-5-19-7(2)13-8/h5-6,9,15H,3-4H2,1-2H3,(H,16,17)(H2,12,14,18). The average Bonchev–Trinajstić information content (AvgIpc) is 2.71. The van der Waals surface area contributed by atoms with Crippen LogP contribution in [0, 0.1) is 6.92 Å². The number of carboxylic acids is 1. The number of carbonyl (C=O) groups is 2. The minimum atomic E-state index is -1.32. The number of amides is 2. The summed E-state index contributed by atoms with van der Waals surface area (Å²) in [5.74, 6) is -1.28. The van der Waals surface area contributed by atoms with Crippen LogP contribution in [-0.2, 0) is 11.2 Å². The van der Waals surface area contributed by atoms with Gasteiger partial charge in [-0.3, -0.25) is 0 Å². The number of aliphatic hydroxyl groups excluding tert-OH is 1. The predicted molar refractivity (Wildman–Crippen MR) is 70.2 cm³/mol. The number of hydrogen-bond donors (Lipinski definition) is 4. The molecular weight excluding hydrogens is 270 g/mol. The van der Waals surface area contributed by atoms with Crippen LogP contribution in [0.2, 0.25) is 0 Å². The topological polar surface area (TPSA) is 112 Å². The summed E-state index contributed by atoms with van der Waals surface area (Å²) in [7, 11) is 0. The van der Waals surface area contributed by atoms with Crippen molar-refractivity contribution in [1.29, 1.82) is 0 Å². The molecule has 7 nitrogen and oxygen atoms in total. The van der Waals surface area contributed by atoms with Crippen molar-refractivity contribution in [2.24, 2.45) is 0 Å². The zero-order valence-corrected chi connectivity index (χ0v) is 11.5. The van der Waals surface area contributed by atoms with E-state index in [-0.39, 0.29) is 0 Å². The van der Waals surface area contributed by atoms with Gasteiger partial charge in [-0.15, -0.1) is 11.3 Å². The summed E-state index contributed by atoms with van der Waals surface area (Å²) in [5, 5.41) is 25.6. The van der Waals surface area contributed by atoms with E-state index in [4.69, 9.17) is 5.11 Å². The first kappa shape index (κ1) is 15.4. The molecular formula is C11H17N3O4S. The molecule has 19 heavy (non-hydrogen) atoms. The summed E-state index contributed by atoms with van der Waals surface area (Å²) in [6, 6.07) is -1.94. The van der Waals surface area contributed by atoms with Gasteiger partial charge in [0.05, 0.1) is 16.8 Å². The average molecular weight is 287 g/mol. The molecule has 2 amide bonds. The first-order valence-electron chi connectivity index (χ1n) is 5.76. The van der Waals surface area contributed by atoms with E-state index in [9.17, 15) is 14.7 Å². The normalized spacial score (nSPS) is 13.6.